The van der Waals surface area contributed by atoms with Gasteiger partial charge in [-0.05, 0) is 62.6 Å². The predicted molar refractivity (Wildman–Crippen MR) is 107 cm³/mol. The third-order valence-corrected chi connectivity index (χ3v) is 5.01. The number of nitrogens with one attached hydrogen (secondary N) is 1. The molecule has 1 fully saturated rings. The lowest BCUT2D eigenvalue weighted by Gasteiger charge is -2.26. The van der Waals surface area contributed by atoms with E-state index >= 15 is 0 Å². The summed E-state index contributed by atoms with van der Waals surface area (Å²) in [4.78, 5) is 39.5. The highest BCUT2D eigenvalue weighted by molar-refractivity contribution is 6.17. The molecule has 0 unspecified atom stereocenters. The number of hydrogen-bond donors (Lipinski definition) is 1. The second kappa shape index (κ2) is 7.84. The van der Waals surface area contributed by atoms with Crippen LogP contribution >= 0.6 is 0 Å². The zero-order valence-electron chi connectivity index (χ0n) is 16.3. The van der Waals surface area contributed by atoms with Crippen molar-refractivity contribution in [2.75, 3.05) is 23.9 Å². The molecular formula is C22H24N2O4. The highest BCUT2D eigenvalue weighted by Gasteiger charge is 2.58. The maximum absolute atomic E-state index is 13.2. The molecule has 0 aromatic heterocycles. The molecule has 0 atom stereocenters. The van der Waals surface area contributed by atoms with E-state index in [2.05, 4.69) is 5.32 Å². The molecule has 0 saturated heterocycles. The normalized spacial score (nSPS) is 14.1. The summed E-state index contributed by atoms with van der Waals surface area (Å²) in [5.41, 5.74) is 1.59. The van der Waals surface area contributed by atoms with Crippen molar-refractivity contribution in [2.24, 2.45) is 5.41 Å². The number of benzene rings is 2. The molecule has 0 heterocycles. The number of methoxy groups -OCH3 is 1. The average molecular weight is 380 g/mol. The van der Waals surface area contributed by atoms with Gasteiger partial charge in [-0.3, -0.25) is 9.59 Å². The van der Waals surface area contributed by atoms with Crippen LogP contribution in [-0.4, -0.2) is 31.4 Å². The number of anilines is 2. The lowest BCUT2D eigenvalue weighted by molar-refractivity contribution is -0.132. The van der Waals surface area contributed by atoms with Crippen molar-refractivity contribution in [1.82, 2.24) is 0 Å². The van der Waals surface area contributed by atoms with Gasteiger partial charge in [0.05, 0.1) is 12.7 Å². The lowest BCUT2D eigenvalue weighted by Crippen LogP contribution is -2.43. The van der Waals surface area contributed by atoms with Crippen LogP contribution in [0.5, 0.6) is 0 Å². The third kappa shape index (κ3) is 3.76. The van der Waals surface area contributed by atoms with E-state index in [4.69, 9.17) is 4.74 Å². The van der Waals surface area contributed by atoms with Gasteiger partial charge in [0.2, 0.25) is 11.8 Å². The van der Waals surface area contributed by atoms with Crippen molar-refractivity contribution in [3.05, 3.63) is 59.7 Å². The largest absolute Gasteiger partial charge is 0.465 e. The van der Waals surface area contributed by atoms with E-state index in [-0.39, 0.29) is 11.8 Å². The first-order valence-electron chi connectivity index (χ1n) is 9.30. The molecule has 0 spiro atoms. The fourth-order valence-electron chi connectivity index (χ4n) is 3.25. The van der Waals surface area contributed by atoms with Gasteiger partial charge in [-0.25, -0.2) is 4.79 Å². The second-order valence-electron chi connectivity index (χ2n) is 7.00. The summed E-state index contributed by atoms with van der Waals surface area (Å²) in [7, 11) is 1.30. The zero-order chi connectivity index (χ0) is 20.3. The Morgan fingerprint density at radius 1 is 1.11 bits per heavy atom. The summed E-state index contributed by atoms with van der Waals surface area (Å²) < 4.78 is 4.71. The van der Waals surface area contributed by atoms with Gasteiger partial charge < -0.3 is 15.0 Å². The van der Waals surface area contributed by atoms with Crippen molar-refractivity contribution >= 4 is 29.2 Å². The number of carbonyl (C=O) groups excluding carboxylic acids is 3. The second-order valence-corrected chi connectivity index (χ2v) is 7.00. The first-order valence-corrected chi connectivity index (χ1v) is 9.30. The molecule has 0 radical (unpaired) electrons. The Bertz CT molecular complexity index is 918. The smallest absolute Gasteiger partial charge is 0.337 e. The van der Waals surface area contributed by atoms with Crippen LogP contribution in [0.3, 0.4) is 0 Å². The number of ether oxygens (including phenoxy) is 1. The third-order valence-electron chi connectivity index (χ3n) is 5.01. The fraction of sp³-hybridized carbons (Fsp3) is 0.318. The molecule has 146 valence electrons. The molecule has 1 saturated carbocycles. The number of carbonyl (C=O) groups is 3. The van der Waals surface area contributed by atoms with Gasteiger partial charge in [-0.1, -0.05) is 18.2 Å². The van der Waals surface area contributed by atoms with Crippen LogP contribution in [0.2, 0.25) is 0 Å². The molecule has 2 amide bonds. The molecule has 6 heteroatoms. The van der Waals surface area contributed by atoms with E-state index in [0.717, 1.165) is 11.3 Å². The highest BCUT2D eigenvalue weighted by atomic mass is 16.5. The Morgan fingerprint density at radius 2 is 1.82 bits per heavy atom. The maximum Gasteiger partial charge on any atom is 0.337 e. The highest BCUT2D eigenvalue weighted by Crippen LogP contribution is 2.48. The van der Waals surface area contributed by atoms with E-state index in [1.807, 2.05) is 38.1 Å². The van der Waals surface area contributed by atoms with Crippen LogP contribution < -0.4 is 10.2 Å². The molecule has 2 aromatic rings. The summed E-state index contributed by atoms with van der Waals surface area (Å²) in [5, 5.41) is 2.79. The first kappa shape index (κ1) is 19.6. The van der Waals surface area contributed by atoms with Gasteiger partial charge in [0.1, 0.15) is 5.41 Å². The molecule has 6 nitrogen and oxygen atoms in total. The van der Waals surface area contributed by atoms with Gasteiger partial charge in [-0.2, -0.15) is 0 Å². The Morgan fingerprint density at radius 3 is 2.43 bits per heavy atom. The monoisotopic (exact) mass is 380 g/mol. The average Bonchev–Trinajstić information content (AvgIpc) is 3.50. The maximum atomic E-state index is 13.2. The van der Waals surface area contributed by atoms with E-state index in [0.29, 0.717) is 30.6 Å². The predicted octanol–water partition coefficient (Wildman–Crippen LogP) is 3.55. The Labute approximate surface area is 164 Å². The van der Waals surface area contributed by atoms with Crippen LogP contribution in [0.1, 0.15) is 35.7 Å². The summed E-state index contributed by atoms with van der Waals surface area (Å²) in [6, 6.07) is 14.2. The molecule has 0 bridgehead atoms. The molecule has 0 aliphatic heterocycles. The molecule has 28 heavy (non-hydrogen) atoms. The quantitative estimate of drug-likeness (QED) is 0.614. The van der Waals surface area contributed by atoms with E-state index in [9.17, 15) is 14.4 Å². The van der Waals surface area contributed by atoms with Gasteiger partial charge >= 0.3 is 5.97 Å². The van der Waals surface area contributed by atoms with E-state index in [1.54, 1.807) is 29.2 Å². The van der Waals surface area contributed by atoms with Crippen molar-refractivity contribution in [2.45, 2.75) is 26.7 Å². The first-order chi connectivity index (χ1) is 13.4. The van der Waals surface area contributed by atoms with Crippen molar-refractivity contribution in [1.29, 1.82) is 0 Å². The Balaban J connectivity index is 1.79. The number of hydrogen-bond acceptors (Lipinski definition) is 4. The summed E-state index contributed by atoms with van der Waals surface area (Å²) in [6.45, 7) is 4.35. The minimum atomic E-state index is -1.05. The summed E-state index contributed by atoms with van der Waals surface area (Å²) >= 11 is 0. The summed E-state index contributed by atoms with van der Waals surface area (Å²) in [5.74, 6) is -1.02. The van der Waals surface area contributed by atoms with Crippen LogP contribution in [-0.2, 0) is 14.3 Å². The SMILES string of the molecule is CCN(C(=O)C1(C(=O)Nc2cccc(C(=O)OC)c2)CC1)c1cccc(C)c1. The standard InChI is InChI=1S/C22H24N2O4/c1-4-24(18-10-5-7-15(2)13-18)21(27)22(11-12-22)20(26)23-17-9-6-8-16(14-17)19(25)28-3/h5-10,13-14H,4,11-12H2,1-3H3,(H,23,26). The fourth-order valence-corrected chi connectivity index (χ4v) is 3.25. The summed E-state index contributed by atoms with van der Waals surface area (Å²) in [6.07, 6.45) is 1.02. The number of aryl methyl sites for hydroxylation is 1. The minimum Gasteiger partial charge on any atom is -0.465 e. The van der Waals surface area contributed by atoms with E-state index in [1.165, 1.54) is 7.11 Å². The molecule has 1 aliphatic carbocycles. The van der Waals surface area contributed by atoms with Crippen molar-refractivity contribution in [3.8, 4) is 0 Å². The van der Waals surface area contributed by atoms with Crippen LogP contribution in [0.4, 0.5) is 11.4 Å². The molecule has 3 rings (SSSR count). The Hall–Kier alpha value is -3.15. The molecule has 1 aliphatic rings. The van der Waals surface area contributed by atoms with Crippen molar-refractivity contribution < 1.29 is 19.1 Å². The van der Waals surface area contributed by atoms with Crippen LogP contribution in [0, 0.1) is 12.3 Å². The zero-order valence-corrected chi connectivity index (χ0v) is 16.3. The minimum absolute atomic E-state index is 0.192. The lowest BCUT2D eigenvalue weighted by atomic mass is 10.0. The van der Waals surface area contributed by atoms with Gasteiger partial charge in [0.15, 0.2) is 0 Å². The topological polar surface area (TPSA) is 75.7 Å². The van der Waals surface area contributed by atoms with Gasteiger partial charge in [-0.15, -0.1) is 0 Å². The molecule has 1 N–H and O–H groups in total. The Kier molecular flexibility index (Phi) is 5.49. The van der Waals surface area contributed by atoms with Gasteiger partial charge in [0.25, 0.3) is 0 Å². The number of rotatable bonds is 6. The van der Waals surface area contributed by atoms with Crippen LogP contribution in [0.25, 0.3) is 0 Å². The number of esters is 1. The number of amides is 2. The van der Waals surface area contributed by atoms with Crippen molar-refractivity contribution in [3.63, 3.8) is 0 Å². The molecular weight excluding hydrogens is 356 g/mol. The number of nitrogens with zero attached hydrogens (tertiary/aromatic N) is 1. The van der Waals surface area contributed by atoms with Gasteiger partial charge in [0, 0.05) is 17.9 Å². The van der Waals surface area contributed by atoms with E-state index < -0.39 is 11.4 Å². The van der Waals surface area contributed by atoms with Crippen LogP contribution in [0.15, 0.2) is 48.5 Å². The molecule has 2 aromatic carbocycles.